The fourth-order valence-corrected chi connectivity index (χ4v) is 3.67. The van der Waals surface area contributed by atoms with Gasteiger partial charge in [0.05, 0.1) is 11.5 Å². The molecule has 0 aromatic heterocycles. The maximum atomic E-state index is 11.5. The highest BCUT2D eigenvalue weighted by Crippen LogP contribution is 2.22. The van der Waals surface area contributed by atoms with Crippen LogP contribution < -0.4 is 0 Å². The van der Waals surface area contributed by atoms with E-state index in [2.05, 4.69) is 6.58 Å². The van der Waals surface area contributed by atoms with Crippen LogP contribution in [0, 0.1) is 5.92 Å². The second-order valence-corrected chi connectivity index (χ2v) is 6.70. The summed E-state index contributed by atoms with van der Waals surface area (Å²) in [6.45, 7) is 5.63. The summed E-state index contributed by atoms with van der Waals surface area (Å²) in [4.78, 5) is 11.5. The topological polar surface area (TPSA) is 51.2 Å². The summed E-state index contributed by atoms with van der Waals surface area (Å²) in [6.07, 6.45) is 2.30. The summed E-state index contributed by atoms with van der Waals surface area (Å²) in [6, 6.07) is 0. The van der Waals surface area contributed by atoms with Gasteiger partial charge in [0.1, 0.15) is 5.78 Å². The Morgan fingerprint density at radius 3 is 2.53 bits per heavy atom. The van der Waals surface area contributed by atoms with Gasteiger partial charge in [0.2, 0.25) is 0 Å². The number of hydrogen-bond acceptors (Lipinski definition) is 3. The van der Waals surface area contributed by atoms with E-state index in [4.69, 9.17) is 0 Å². The highest BCUT2D eigenvalue weighted by molar-refractivity contribution is 7.91. The van der Waals surface area contributed by atoms with Crippen molar-refractivity contribution < 1.29 is 13.2 Å². The summed E-state index contributed by atoms with van der Waals surface area (Å²) in [5.41, 5.74) is 1.00. The van der Waals surface area contributed by atoms with Crippen molar-refractivity contribution in [3.8, 4) is 0 Å². The number of allylic oxidation sites excluding steroid dienone is 1. The Labute approximate surface area is 91.5 Å². The molecule has 1 saturated heterocycles. The normalized spacial score (nSPS) is 23.9. The standard InChI is InChI=1S/C11H18O3S/c1-9(2)3-4-11(12)7-10-5-6-15(13,14)8-10/h10H,1,3-8H2,2H3. The molecule has 1 rings (SSSR count). The van der Waals surface area contributed by atoms with Gasteiger partial charge in [0.25, 0.3) is 0 Å². The van der Waals surface area contributed by atoms with E-state index in [0.29, 0.717) is 19.3 Å². The quantitative estimate of drug-likeness (QED) is 0.676. The SMILES string of the molecule is C=C(C)CCC(=O)CC1CCS(=O)(=O)C1. The Kier molecular flexibility index (Phi) is 4.08. The molecule has 1 atom stereocenters. The number of Topliss-reactive ketones (excluding diaryl/α,β-unsaturated/α-hetero) is 1. The molecule has 0 radical (unpaired) electrons. The minimum Gasteiger partial charge on any atom is -0.300 e. The predicted molar refractivity (Wildman–Crippen MR) is 60.4 cm³/mol. The van der Waals surface area contributed by atoms with E-state index in [1.165, 1.54) is 0 Å². The zero-order valence-electron chi connectivity index (χ0n) is 9.16. The zero-order valence-corrected chi connectivity index (χ0v) is 9.98. The van der Waals surface area contributed by atoms with Gasteiger partial charge in [-0.25, -0.2) is 8.42 Å². The smallest absolute Gasteiger partial charge is 0.150 e. The third-order valence-electron chi connectivity index (χ3n) is 2.67. The van der Waals surface area contributed by atoms with E-state index in [0.717, 1.165) is 12.0 Å². The Bertz CT molecular complexity index is 354. The Hall–Kier alpha value is -0.640. The average Bonchev–Trinajstić information content (AvgIpc) is 2.42. The molecule has 0 saturated carbocycles. The van der Waals surface area contributed by atoms with Crippen molar-refractivity contribution in [3.63, 3.8) is 0 Å². The third kappa shape index (κ3) is 4.60. The number of carbonyl (C=O) groups excluding carboxylic acids is 1. The second-order valence-electron chi connectivity index (χ2n) is 4.47. The van der Waals surface area contributed by atoms with Gasteiger partial charge in [-0.1, -0.05) is 5.57 Å². The van der Waals surface area contributed by atoms with Crippen LogP contribution in [0.4, 0.5) is 0 Å². The van der Waals surface area contributed by atoms with Crippen LogP contribution in [0.15, 0.2) is 12.2 Å². The summed E-state index contributed by atoms with van der Waals surface area (Å²) in [5.74, 6) is 0.685. The summed E-state index contributed by atoms with van der Waals surface area (Å²) in [5, 5.41) is 0. The highest BCUT2D eigenvalue weighted by Gasteiger charge is 2.28. The molecule has 1 heterocycles. The van der Waals surface area contributed by atoms with Gasteiger partial charge < -0.3 is 0 Å². The van der Waals surface area contributed by atoms with Crippen molar-refractivity contribution in [2.24, 2.45) is 5.92 Å². The van der Waals surface area contributed by atoms with Gasteiger partial charge in [0.15, 0.2) is 9.84 Å². The molecule has 0 amide bonds. The molecule has 3 nitrogen and oxygen atoms in total. The van der Waals surface area contributed by atoms with E-state index < -0.39 is 9.84 Å². The molecule has 1 aliphatic heterocycles. The first-order chi connectivity index (χ1) is 6.89. The molecule has 0 N–H and O–H groups in total. The van der Waals surface area contributed by atoms with Gasteiger partial charge in [-0.05, 0) is 25.7 Å². The van der Waals surface area contributed by atoms with Crippen molar-refractivity contribution in [2.45, 2.75) is 32.6 Å². The van der Waals surface area contributed by atoms with Crippen molar-refractivity contribution >= 4 is 15.6 Å². The van der Waals surface area contributed by atoms with Gasteiger partial charge in [-0.2, -0.15) is 0 Å². The van der Waals surface area contributed by atoms with Crippen molar-refractivity contribution in [3.05, 3.63) is 12.2 Å². The molecule has 1 aliphatic rings. The minimum atomic E-state index is -2.84. The minimum absolute atomic E-state index is 0.0626. The first-order valence-corrected chi connectivity index (χ1v) is 7.08. The Morgan fingerprint density at radius 2 is 2.07 bits per heavy atom. The van der Waals surface area contributed by atoms with Gasteiger partial charge >= 0.3 is 0 Å². The lowest BCUT2D eigenvalue weighted by Gasteiger charge is -2.05. The van der Waals surface area contributed by atoms with Crippen LogP contribution in [0.5, 0.6) is 0 Å². The van der Waals surface area contributed by atoms with E-state index in [1.807, 2.05) is 6.92 Å². The molecule has 0 aromatic rings. The van der Waals surface area contributed by atoms with E-state index in [9.17, 15) is 13.2 Å². The third-order valence-corrected chi connectivity index (χ3v) is 4.51. The lowest BCUT2D eigenvalue weighted by atomic mass is 9.99. The molecular weight excluding hydrogens is 212 g/mol. The van der Waals surface area contributed by atoms with E-state index in [1.54, 1.807) is 0 Å². The fraction of sp³-hybridized carbons (Fsp3) is 0.727. The van der Waals surface area contributed by atoms with Crippen LogP contribution in [0.25, 0.3) is 0 Å². The van der Waals surface area contributed by atoms with Crippen molar-refractivity contribution in [2.75, 3.05) is 11.5 Å². The molecule has 0 spiro atoms. The van der Waals surface area contributed by atoms with E-state index >= 15 is 0 Å². The number of sulfone groups is 1. The first kappa shape index (κ1) is 12.4. The molecule has 86 valence electrons. The summed E-state index contributed by atoms with van der Waals surface area (Å²) >= 11 is 0. The molecule has 0 bridgehead atoms. The number of ketones is 1. The summed E-state index contributed by atoms with van der Waals surface area (Å²) in [7, 11) is -2.84. The van der Waals surface area contributed by atoms with Crippen LogP contribution in [-0.4, -0.2) is 25.7 Å². The molecule has 1 unspecified atom stereocenters. The first-order valence-electron chi connectivity index (χ1n) is 5.25. The molecule has 4 heteroatoms. The predicted octanol–water partition coefficient (Wildman–Crippen LogP) is 1.74. The maximum Gasteiger partial charge on any atom is 0.150 e. The highest BCUT2D eigenvalue weighted by atomic mass is 32.2. The van der Waals surface area contributed by atoms with Crippen molar-refractivity contribution in [1.82, 2.24) is 0 Å². The van der Waals surface area contributed by atoms with Crippen molar-refractivity contribution in [1.29, 1.82) is 0 Å². The molecular formula is C11H18O3S. The average molecular weight is 230 g/mol. The lowest BCUT2D eigenvalue weighted by Crippen LogP contribution is -2.10. The van der Waals surface area contributed by atoms with Crippen LogP contribution in [0.2, 0.25) is 0 Å². The number of rotatable bonds is 5. The van der Waals surface area contributed by atoms with Crippen LogP contribution in [-0.2, 0) is 14.6 Å². The number of carbonyl (C=O) groups is 1. The van der Waals surface area contributed by atoms with E-state index in [-0.39, 0.29) is 23.2 Å². The largest absolute Gasteiger partial charge is 0.300 e. The van der Waals surface area contributed by atoms with Gasteiger partial charge in [-0.15, -0.1) is 6.58 Å². The fourth-order valence-electron chi connectivity index (χ4n) is 1.81. The van der Waals surface area contributed by atoms with Crippen LogP contribution in [0.1, 0.15) is 32.6 Å². The van der Waals surface area contributed by atoms with Gasteiger partial charge in [0, 0.05) is 12.8 Å². The van der Waals surface area contributed by atoms with Gasteiger partial charge in [-0.3, -0.25) is 4.79 Å². The Balaban J connectivity index is 2.31. The monoisotopic (exact) mass is 230 g/mol. The maximum absolute atomic E-state index is 11.5. The zero-order chi connectivity index (χ0) is 11.5. The molecule has 15 heavy (non-hydrogen) atoms. The lowest BCUT2D eigenvalue weighted by molar-refractivity contribution is -0.119. The van der Waals surface area contributed by atoms with Crippen LogP contribution in [0.3, 0.4) is 0 Å². The molecule has 0 aliphatic carbocycles. The Morgan fingerprint density at radius 1 is 1.40 bits per heavy atom. The molecule has 1 fully saturated rings. The molecule has 0 aromatic carbocycles. The summed E-state index contributed by atoms with van der Waals surface area (Å²) < 4.78 is 22.3. The second kappa shape index (κ2) is 4.92. The van der Waals surface area contributed by atoms with Crippen LogP contribution >= 0.6 is 0 Å². The number of hydrogen-bond donors (Lipinski definition) is 0.